The molecule has 0 radical (unpaired) electrons. The van der Waals surface area contributed by atoms with E-state index in [9.17, 15) is 4.79 Å². The standard InChI is InChI=1S/C15H14N2O/c18-14-9-5-4-8-13-12(14)10-16-15(17-13)11-6-2-1-3-7-11/h1-3,6-7,10H,4-5,8-9H2. The molecule has 0 spiro atoms. The van der Waals surface area contributed by atoms with Gasteiger partial charge < -0.3 is 0 Å². The molecule has 1 aromatic carbocycles. The minimum absolute atomic E-state index is 0.183. The summed E-state index contributed by atoms with van der Waals surface area (Å²) in [6.07, 6.45) is 5.18. The molecule has 0 saturated heterocycles. The molecule has 0 N–H and O–H groups in total. The Balaban J connectivity index is 2.06. The molecule has 1 heterocycles. The Morgan fingerprint density at radius 2 is 1.78 bits per heavy atom. The van der Waals surface area contributed by atoms with E-state index in [0.29, 0.717) is 17.8 Å². The van der Waals surface area contributed by atoms with Gasteiger partial charge in [-0.2, -0.15) is 0 Å². The molecule has 3 rings (SSSR count). The van der Waals surface area contributed by atoms with Gasteiger partial charge in [0, 0.05) is 18.2 Å². The van der Waals surface area contributed by atoms with Crippen LogP contribution in [0.4, 0.5) is 0 Å². The predicted molar refractivity (Wildman–Crippen MR) is 69.4 cm³/mol. The molecule has 0 saturated carbocycles. The number of rotatable bonds is 1. The van der Waals surface area contributed by atoms with E-state index in [2.05, 4.69) is 9.97 Å². The Hall–Kier alpha value is -2.03. The van der Waals surface area contributed by atoms with Crippen molar-refractivity contribution in [2.45, 2.75) is 25.7 Å². The summed E-state index contributed by atoms with van der Waals surface area (Å²) in [5.74, 6) is 0.895. The number of ketones is 1. The lowest BCUT2D eigenvalue weighted by Crippen LogP contribution is -2.05. The van der Waals surface area contributed by atoms with Crippen LogP contribution in [-0.2, 0) is 6.42 Å². The van der Waals surface area contributed by atoms with Crippen LogP contribution in [0.1, 0.15) is 35.3 Å². The lowest BCUT2D eigenvalue weighted by atomic mass is 10.1. The second-order valence-corrected chi connectivity index (χ2v) is 4.55. The number of nitrogens with zero attached hydrogens (tertiary/aromatic N) is 2. The van der Waals surface area contributed by atoms with Crippen LogP contribution < -0.4 is 0 Å². The van der Waals surface area contributed by atoms with Gasteiger partial charge in [-0.15, -0.1) is 0 Å². The Bertz CT molecular complexity index is 578. The third-order valence-corrected chi connectivity index (χ3v) is 3.27. The summed E-state index contributed by atoms with van der Waals surface area (Å²) >= 11 is 0. The Morgan fingerprint density at radius 3 is 2.61 bits per heavy atom. The number of carbonyl (C=O) groups excluding carboxylic acids is 1. The van der Waals surface area contributed by atoms with Gasteiger partial charge >= 0.3 is 0 Å². The van der Waals surface area contributed by atoms with Crippen LogP contribution in [0.5, 0.6) is 0 Å². The number of aromatic nitrogens is 2. The maximum absolute atomic E-state index is 11.9. The van der Waals surface area contributed by atoms with E-state index < -0.39 is 0 Å². The first-order valence-electron chi connectivity index (χ1n) is 6.29. The largest absolute Gasteiger partial charge is 0.294 e. The van der Waals surface area contributed by atoms with Gasteiger partial charge in [-0.25, -0.2) is 9.97 Å². The van der Waals surface area contributed by atoms with Crippen LogP contribution in [0.2, 0.25) is 0 Å². The number of aryl methyl sites for hydroxylation is 1. The second-order valence-electron chi connectivity index (χ2n) is 4.55. The summed E-state index contributed by atoms with van der Waals surface area (Å²) in [5, 5.41) is 0. The number of Topliss-reactive ketones (excluding diaryl/α,β-unsaturated/α-hetero) is 1. The second kappa shape index (κ2) is 4.69. The van der Waals surface area contributed by atoms with E-state index in [1.807, 2.05) is 30.3 Å². The van der Waals surface area contributed by atoms with Gasteiger partial charge in [0.05, 0.1) is 11.3 Å². The van der Waals surface area contributed by atoms with Gasteiger partial charge in [-0.1, -0.05) is 30.3 Å². The summed E-state index contributed by atoms with van der Waals surface area (Å²) in [6, 6.07) is 9.88. The summed E-state index contributed by atoms with van der Waals surface area (Å²) in [4.78, 5) is 20.8. The zero-order valence-corrected chi connectivity index (χ0v) is 10.1. The average Bonchev–Trinajstić information content (AvgIpc) is 2.61. The number of fused-ring (bicyclic) bond motifs is 1. The first-order valence-corrected chi connectivity index (χ1v) is 6.29. The van der Waals surface area contributed by atoms with E-state index in [4.69, 9.17) is 0 Å². The predicted octanol–water partition coefficient (Wildman–Crippen LogP) is 3.05. The van der Waals surface area contributed by atoms with Crippen molar-refractivity contribution in [3.8, 4) is 11.4 Å². The maximum atomic E-state index is 11.9. The summed E-state index contributed by atoms with van der Waals surface area (Å²) < 4.78 is 0. The first kappa shape index (κ1) is 11.1. The third-order valence-electron chi connectivity index (χ3n) is 3.27. The fraction of sp³-hybridized carbons (Fsp3) is 0.267. The van der Waals surface area contributed by atoms with Crippen LogP contribution in [0, 0.1) is 0 Å². The van der Waals surface area contributed by atoms with Crippen molar-refractivity contribution in [3.63, 3.8) is 0 Å². The van der Waals surface area contributed by atoms with Crippen molar-refractivity contribution in [3.05, 3.63) is 47.8 Å². The number of benzene rings is 1. The van der Waals surface area contributed by atoms with E-state index >= 15 is 0 Å². The van der Waals surface area contributed by atoms with Crippen molar-refractivity contribution in [2.24, 2.45) is 0 Å². The number of hydrogen-bond donors (Lipinski definition) is 0. The monoisotopic (exact) mass is 238 g/mol. The summed E-state index contributed by atoms with van der Waals surface area (Å²) in [7, 11) is 0. The Labute approximate surface area is 106 Å². The molecule has 3 nitrogen and oxygen atoms in total. The SMILES string of the molecule is O=C1CCCCc2nc(-c3ccccc3)ncc21. The smallest absolute Gasteiger partial charge is 0.166 e. The molecule has 2 aromatic rings. The molecule has 0 unspecified atom stereocenters. The number of hydrogen-bond acceptors (Lipinski definition) is 3. The molecule has 90 valence electrons. The van der Waals surface area contributed by atoms with Crippen LogP contribution in [-0.4, -0.2) is 15.8 Å². The zero-order valence-electron chi connectivity index (χ0n) is 10.1. The van der Waals surface area contributed by atoms with Crippen LogP contribution >= 0.6 is 0 Å². The highest BCUT2D eigenvalue weighted by molar-refractivity contribution is 5.97. The van der Waals surface area contributed by atoms with Crippen molar-refractivity contribution >= 4 is 5.78 Å². The minimum Gasteiger partial charge on any atom is -0.294 e. The highest BCUT2D eigenvalue weighted by atomic mass is 16.1. The van der Waals surface area contributed by atoms with Gasteiger partial charge in [-0.3, -0.25) is 4.79 Å². The van der Waals surface area contributed by atoms with Crippen LogP contribution in [0.15, 0.2) is 36.5 Å². The maximum Gasteiger partial charge on any atom is 0.166 e. The highest BCUT2D eigenvalue weighted by Gasteiger charge is 2.17. The highest BCUT2D eigenvalue weighted by Crippen LogP contribution is 2.21. The molecule has 0 atom stereocenters. The fourth-order valence-corrected chi connectivity index (χ4v) is 2.28. The fourth-order valence-electron chi connectivity index (χ4n) is 2.28. The third kappa shape index (κ3) is 2.04. The Kier molecular flexibility index (Phi) is 2.89. The molecule has 18 heavy (non-hydrogen) atoms. The first-order chi connectivity index (χ1) is 8.84. The molecule has 3 heteroatoms. The summed E-state index contributed by atoms with van der Waals surface area (Å²) in [6.45, 7) is 0. The molecule has 0 aliphatic heterocycles. The Morgan fingerprint density at radius 1 is 1.00 bits per heavy atom. The van der Waals surface area contributed by atoms with Gasteiger partial charge in [0.2, 0.25) is 0 Å². The zero-order chi connectivity index (χ0) is 12.4. The quantitative estimate of drug-likeness (QED) is 0.717. The van der Waals surface area contributed by atoms with Crippen LogP contribution in [0.25, 0.3) is 11.4 Å². The minimum atomic E-state index is 0.183. The molecule has 1 aliphatic rings. The molecule has 0 amide bonds. The van der Waals surface area contributed by atoms with Gasteiger partial charge in [0.25, 0.3) is 0 Å². The van der Waals surface area contributed by atoms with E-state index in [1.54, 1.807) is 6.20 Å². The molecule has 0 fully saturated rings. The number of carbonyl (C=O) groups is 1. The average molecular weight is 238 g/mol. The lowest BCUT2D eigenvalue weighted by molar-refractivity contribution is 0.0981. The lowest BCUT2D eigenvalue weighted by Gasteiger charge is -2.06. The summed E-state index contributed by atoms with van der Waals surface area (Å²) in [5.41, 5.74) is 2.62. The molecular formula is C15H14N2O. The van der Waals surface area contributed by atoms with Crippen LogP contribution in [0.3, 0.4) is 0 Å². The molecule has 1 aliphatic carbocycles. The van der Waals surface area contributed by atoms with Crippen molar-refractivity contribution < 1.29 is 4.79 Å². The molecule has 1 aromatic heterocycles. The van der Waals surface area contributed by atoms with Gasteiger partial charge in [-0.05, 0) is 19.3 Å². The topological polar surface area (TPSA) is 42.9 Å². The van der Waals surface area contributed by atoms with Crippen molar-refractivity contribution in [1.29, 1.82) is 0 Å². The van der Waals surface area contributed by atoms with Gasteiger partial charge in [0.1, 0.15) is 0 Å². The molecule has 0 bridgehead atoms. The van der Waals surface area contributed by atoms with Crippen molar-refractivity contribution in [2.75, 3.05) is 0 Å². The van der Waals surface area contributed by atoms with Gasteiger partial charge in [0.15, 0.2) is 11.6 Å². The van der Waals surface area contributed by atoms with E-state index in [-0.39, 0.29) is 5.78 Å². The van der Waals surface area contributed by atoms with Crippen molar-refractivity contribution in [1.82, 2.24) is 9.97 Å². The normalized spacial score (nSPS) is 15.0. The van der Waals surface area contributed by atoms with E-state index in [1.165, 1.54) is 0 Å². The van der Waals surface area contributed by atoms with E-state index in [0.717, 1.165) is 30.5 Å². The molecular weight excluding hydrogens is 224 g/mol.